The number of nitrogens with zero attached hydrogens (tertiary/aromatic N) is 5. The molecule has 34 heavy (non-hydrogen) atoms. The van der Waals surface area contributed by atoms with Crippen molar-refractivity contribution in [2.24, 2.45) is 0 Å². The minimum Gasteiger partial charge on any atom is -0.457 e. The molecule has 0 bridgehead atoms. The number of hydrogen-bond donors (Lipinski definition) is 2. The third kappa shape index (κ3) is 4.04. The molecular formula is C26H25N7O. The van der Waals surface area contributed by atoms with Gasteiger partial charge in [0.1, 0.15) is 30.0 Å². The zero-order chi connectivity index (χ0) is 22.9. The summed E-state index contributed by atoms with van der Waals surface area (Å²) in [5.74, 6) is 2.84. The van der Waals surface area contributed by atoms with Crippen LogP contribution in [-0.2, 0) is 0 Å². The van der Waals surface area contributed by atoms with Crippen LogP contribution < -0.4 is 15.4 Å². The average molecular weight is 452 g/mol. The highest BCUT2D eigenvalue weighted by molar-refractivity contribution is 5.91. The van der Waals surface area contributed by atoms with E-state index in [4.69, 9.17) is 4.74 Å². The van der Waals surface area contributed by atoms with Crippen molar-refractivity contribution in [3.8, 4) is 11.5 Å². The Kier molecular flexibility index (Phi) is 5.27. The van der Waals surface area contributed by atoms with Crippen molar-refractivity contribution >= 4 is 28.1 Å². The summed E-state index contributed by atoms with van der Waals surface area (Å²) >= 11 is 0. The first-order valence-corrected chi connectivity index (χ1v) is 11.5. The van der Waals surface area contributed by atoms with Gasteiger partial charge in [0.25, 0.3) is 0 Å². The van der Waals surface area contributed by atoms with Gasteiger partial charge in [-0.15, -0.1) is 0 Å². The van der Waals surface area contributed by atoms with Gasteiger partial charge in [-0.25, -0.2) is 19.5 Å². The Balaban J connectivity index is 1.25. The van der Waals surface area contributed by atoms with Crippen molar-refractivity contribution in [1.29, 1.82) is 0 Å². The lowest BCUT2D eigenvalue weighted by molar-refractivity contribution is 0.462. The summed E-state index contributed by atoms with van der Waals surface area (Å²) in [4.78, 5) is 13.2. The summed E-state index contributed by atoms with van der Waals surface area (Å²) in [6.45, 7) is 4.16. The highest BCUT2D eigenvalue weighted by Gasteiger charge is 2.16. The van der Waals surface area contributed by atoms with Crippen LogP contribution in [0.1, 0.15) is 29.9 Å². The number of nitrogens with one attached hydrogen (secondary N) is 2. The first-order chi connectivity index (χ1) is 16.7. The summed E-state index contributed by atoms with van der Waals surface area (Å²) < 4.78 is 7.81. The van der Waals surface area contributed by atoms with Gasteiger partial charge >= 0.3 is 0 Å². The number of ether oxygens (including phenoxy) is 1. The standard InChI is InChI=1S/C26H25N7O/c1-17-11-20(5-7-24(17)34-21-8-10-33-25(13-21)29-16-31-33)32-26-22-12-18(19-3-2-9-27-14-19)4-6-23(22)28-15-30-26/h4-8,10-13,15-16,19,27H,2-3,9,14H2,1H3,(H,28,30,32)/t19-/m1/s1. The maximum absolute atomic E-state index is 6.10. The van der Waals surface area contributed by atoms with Crippen molar-refractivity contribution in [1.82, 2.24) is 29.9 Å². The van der Waals surface area contributed by atoms with Gasteiger partial charge in [0.2, 0.25) is 0 Å². The van der Waals surface area contributed by atoms with Crippen molar-refractivity contribution in [2.75, 3.05) is 18.4 Å². The minimum atomic E-state index is 0.530. The van der Waals surface area contributed by atoms with Crippen molar-refractivity contribution < 1.29 is 4.74 Å². The van der Waals surface area contributed by atoms with E-state index in [1.54, 1.807) is 10.8 Å². The van der Waals surface area contributed by atoms with E-state index in [1.165, 1.54) is 24.7 Å². The lowest BCUT2D eigenvalue weighted by Gasteiger charge is -2.23. The van der Waals surface area contributed by atoms with Crippen LogP contribution in [0, 0.1) is 6.92 Å². The van der Waals surface area contributed by atoms with Gasteiger partial charge in [-0.3, -0.25) is 0 Å². The molecular weight excluding hydrogens is 426 g/mol. The molecule has 8 heteroatoms. The number of aryl methyl sites for hydroxylation is 1. The summed E-state index contributed by atoms with van der Waals surface area (Å²) in [5, 5.41) is 12.1. The highest BCUT2D eigenvalue weighted by atomic mass is 16.5. The largest absolute Gasteiger partial charge is 0.457 e. The smallest absolute Gasteiger partial charge is 0.158 e. The highest BCUT2D eigenvalue weighted by Crippen LogP contribution is 2.32. The second-order valence-corrected chi connectivity index (χ2v) is 8.67. The fourth-order valence-corrected chi connectivity index (χ4v) is 4.53. The average Bonchev–Trinajstić information content (AvgIpc) is 3.34. The Morgan fingerprint density at radius 3 is 2.88 bits per heavy atom. The van der Waals surface area contributed by atoms with Gasteiger partial charge < -0.3 is 15.4 Å². The number of anilines is 2. The fraction of sp³-hybridized carbons (Fsp3) is 0.231. The van der Waals surface area contributed by atoms with Crippen molar-refractivity contribution in [3.05, 3.63) is 78.5 Å². The van der Waals surface area contributed by atoms with Crippen LogP contribution in [0.4, 0.5) is 11.5 Å². The number of piperidine rings is 1. The van der Waals surface area contributed by atoms with Crippen molar-refractivity contribution in [3.63, 3.8) is 0 Å². The zero-order valence-electron chi connectivity index (χ0n) is 18.9. The molecule has 6 rings (SSSR count). The molecule has 3 aromatic heterocycles. The van der Waals surface area contributed by atoms with E-state index < -0.39 is 0 Å². The van der Waals surface area contributed by atoms with Gasteiger partial charge in [-0.05, 0) is 79.8 Å². The summed E-state index contributed by atoms with van der Waals surface area (Å²) in [6, 6.07) is 16.3. The monoisotopic (exact) mass is 451 g/mol. The van der Waals surface area contributed by atoms with Crippen LogP contribution in [0.2, 0.25) is 0 Å². The van der Waals surface area contributed by atoms with Crippen LogP contribution in [-0.4, -0.2) is 37.7 Å². The number of pyridine rings is 1. The van der Waals surface area contributed by atoms with E-state index in [0.717, 1.165) is 58.2 Å². The van der Waals surface area contributed by atoms with E-state index in [2.05, 4.69) is 54.9 Å². The molecule has 170 valence electrons. The van der Waals surface area contributed by atoms with Gasteiger partial charge in [-0.2, -0.15) is 5.10 Å². The van der Waals surface area contributed by atoms with Crippen molar-refractivity contribution in [2.45, 2.75) is 25.7 Å². The van der Waals surface area contributed by atoms with Crippen LogP contribution in [0.3, 0.4) is 0 Å². The van der Waals surface area contributed by atoms with E-state index in [1.807, 2.05) is 37.4 Å². The first kappa shape index (κ1) is 20.6. The number of aromatic nitrogens is 5. The topological polar surface area (TPSA) is 89.3 Å². The number of benzene rings is 2. The second-order valence-electron chi connectivity index (χ2n) is 8.67. The van der Waals surface area contributed by atoms with Crippen LogP contribution in [0.25, 0.3) is 16.6 Å². The molecule has 0 aliphatic carbocycles. The number of fused-ring (bicyclic) bond motifs is 2. The van der Waals surface area contributed by atoms with Gasteiger partial charge in [0, 0.05) is 29.9 Å². The molecule has 0 spiro atoms. The molecule has 1 aliphatic rings. The van der Waals surface area contributed by atoms with Crippen LogP contribution in [0.5, 0.6) is 11.5 Å². The summed E-state index contributed by atoms with van der Waals surface area (Å²) in [6.07, 6.45) is 7.38. The predicted octanol–water partition coefficient (Wildman–Crippen LogP) is 4.98. The summed E-state index contributed by atoms with van der Waals surface area (Å²) in [5.41, 5.74) is 4.97. The van der Waals surface area contributed by atoms with Gasteiger partial charge in [-0.1, -0.05) is 6.07 Å². The molecule has 1 atom stereocenters. The predicted molar refractivity (Wildman–Crippen MR) is 132 cm³/mol. The molecule has 1 aliphatic heterocycles. The number of hydrogen-bond acceptors (Lipinski definition) is 7. The molecule has 0 amide bonds. The Morgan fingerprint density at radius 2 is 2.00 bits per heavy atom. The third-order valence-corrected chi connectivity index (χ3v) is 6.35. The lowest BCUT2D eigenvalue weighted by atomic mass is 9.91. The van der Waals surface area contributed by atoms with E-state index in [-0.39, 0.29) is 0 Å². The molecule has 0 radical (unpaired) electrons. The minimum absolute atomic E-state index is 0.530. The lowest BCUT2D eigenvalue weighted by Crippen LogP contribution is -2.28. The molecule has 4 heterocycles. The molecule has 1 saturated heterocycles. The quantitative estimate of drug-likeness (QED) is 0.389. The van der Waals surface area contributed by atoms with E-state index in [0.29, 0.717) is 5.92 Å². The zero-order valence-corrected chi connectivity index (χ0v) is 18.9. The summed E-state index contributed by atoms with van der Waals surface area (Å²) in [7, 11) is 0. The Bertz CT molecular complexity index is 1470. The Morgan fingerprint density at radius 1 is 1.03 bits per heavy atom. The Hall–Kier alpha value is -4.04. The Labute approximate surface area is 197 Å². The third-order valence-electron chi connectivity index (χ3n) is 6.35. The molecule has 5 aromatic rings. The molecule has 8 nitrogen and oxygen atoms in total. The number of rotatable bonds is 5. The van der Waals surface area contributed by atoms with E-state index >= 15 is 0 Å². The van der Waals surface area contributed by atoms with Crippen LogP contribution in [0.15, 0.2) is 67.4 Å². The molecule has 1 fully saturated rings. The van der Waals surface area contributed by atoms with E-state index in [9.17, 15) is 0 Å². The van der Waals surface area contributed by atoms with Gasteiger partial charge in [0.15, 0.2) is 5.65 Å². The molecule has 0 unspecified atom stereocenters. The molecule has 0 saturated carbocycles. The maximum atomic E-state index is 6.10. The van der Waals surface area contributed by atoms with Gasteiger partial charge in [0.05, 0.1) is 5.52 Å². The normalized spacial score (nSPS) is 16.1. The second kappa shape index (κ2) is 8.72. The molecule has 2 aromatic carbocycles. The molecule has 2 N–H and O–H groups in total. The fourth-order valence-electron chi connectivity index (χ4n) is 4.53. The maximum Gasteiger partial charge on any atom is 0.158 e. The van der Waals surface area contributed by atoms with Crippen LogP contribution >= 0.6 is 0 Å². The first-order valence-electron chi connectivity index (χ1n) is 11.5. The SMILES string of the molecule is Cc1cc(Nc2ncnc3ccc([C@@H]4CCCNC4)cc23)ccc1Oc1ccn2ncnc2c1.